The summed E-state index contributed by atoms with van der Waals surface area (Å²) in [6.07, 6.45) is 7.51. The lowest BCUT2D eigenvalue weighted by Crippen LogP contribution is -2.48. The number of hydrogen-bond acceptors (Lipinski definition) is 4. The molecule has 3 aliphatic rings. The fourth-order valence-electron chi connectivity index (χ4n) is 4.21. The number of amides is 2. The summed E-state index contributed by atoms with van der Waals surface area (Å²) >= 11 is 0. The molecule has 1 atom stereocenters. The van der Waals surface area contributed by atoms with Gasteiger partial charge in [0.1, 0.15) is 0 Å². The molecule has 0 bridgehead atoms. The molecule has 1 aromatic rings. The van der Waals surface area contributed by atoms with Crippen molar-refractivity contribution in [3.8, 4) is 11.5 Å². The summed E-state index contributed by atoms with van der Waals surface area (Å²) in [5, 5.41) is 3.21. The number of carbonyl (C=O) groups excluding carboxylic acids is 2. The van der Waals surface area contributed by atoms with Crippen molar-refractivity contribution in [1.82, 2.24) is 10.2 Å². The molecule has 1 aromatic carbocycles. The van der Waals surface area contributed by atoms with E-state index in [0.717, 1.165) is 25.7 Å². The molecule has 1 saturated carbocycles. The highest BCUT2D eigenvalue weighted by Gasteiger charge is 2.32. The van der Waals surface area contributed by atoms with Gasteiger partial charge in [-0.2, -0.15) is 0 Å². The van der Waals surface area contributed by atoms with Crippen LogP contribution in [0.1, 0.15) is 55.3 Å². The molecular weight excluding hydrogens is 332 g/mol. The van der Waals surface area contributed by atoms with Crippen molar-refractivity contribution in [2.75, 3.05) is 19.9 Å². The van der Waals surface area contributed by atoms with Crippen molar-refractivity contribution < 1.29 is 19.1 Å². The lowest BCUT2D eigenvalue weighted by atomic mass is 9.92. The number of carbonyl (C=O) groups is 2. The monoisotopic (exact) mass is 358 g/mol. The summed E-state index contributed by atoms with van der Waals surface area (Å²) in [5.74, 6) is 1.03. The number of nitrogens with one attached hydrogen (secondary N) is 1. The van der Waals surface area contributed by atoms with Crippen molar-refractivity contribution in [2.24, 2.45) is 5.92 Å². The summed E-state index contributed by atoms with van der Waals surface area (Å²) in [6, 6.07) is 5.68. The zero-order valence-corrected chi connectivity index (χ0v) is 15.0. The summed E-state index contributed by atoms with van der Waals surface area (Å²) in [4.78, 5) is 27.4. The SMILES string of the molecule is O=C(NC1CCCCC1)[C@@H]1CCCN(C(=O)c2cccc3c2OCO3)C1. The van der Waals surface area contributed by atoms with Crippen molar-refractivity contribution in [3.05, 3.63) is 23.8 Å². The van der Waals surface area contributed by atoms with Gasteiger partial charge in [0.15, 0.2) is 11.5 Å². The molecule has 2 fully saturated rings. The van der Waals surface area contributed by atoms with Crippen LogP contribution < -0.4 is 14.8 Å². The number of piperidine rings is 1. The molecule has 4 rings (SSSR count). The molecule has 1 aliphatic carbocycles. The maximum atomic E-state index is 13.0. The summed E-state index contributed by atoms with van der Waals surface area (Å²) in [7, 11) is 0. The first-order valence-corrected chi connectivity index (χ1v) is 9.70. The first kappa shape index (κ1) is 17.2. The third-order valence-corrected chi connectivity index (χ3v) is 5.66. The second kappa shape index (κ2) is 7.56. The maximum absolute atomic E-state index is 13.0. The Kier molecular flexibility index (Phi) is 5.00. The smallest absolute Gasteiger partial charge is 0.257 e. The number of para-hydroxylation sites is 1. The highest BCUT2D eigenvalue weighted by molar-refractivity contribution is 5.98. The number of fused-ring (bicyclic) bond motifs is 1. The van der Waals surface area contributed by atoms with Gasteiger partial charge in [-0.1, -0.05) is 25.3 Å². The molecule has 2 aliphatic heterocycles. The summed E-state index contributed by atoms with van der Waals surface area (Å²) in [6.45, 7) is 1.30. The van der Waals surface area contributed by atoms with Crippen LogP contribution in [0.4, 0.5) is 0 Å². The van der Waals surface area contributed by atoms with E-state index in [2.05, 4.69) is 5.32 Å². The van der Waals surface area contributed by atoms with Gasteiger partial charge in [0, 0.05) is 19.1 Å². The first-order chi connectivity index (χ1) is 12.7. The van der Waals surface area contributed by atoms with E-state index in [-0.39, 0.29) is 24.5 Å². The van der Waals surface area contributed by atoms with Gasteiger partial charge in [0.25, 0.3) is 5.91 Å². The van der Waals surface area contributed by atoms with Crippen LogP contribution >= 0.6 is 0 Å². The molecule has 0 aromatic heterocycles. The molecule has 1 N–H and O–H groups in total. The van der Waals surface area contributed by atoms with E-state index < -0.39 is 0 Å². The maximum Gasteiger partial charge on any atom is 0.257 e. The van der Waals surface area contributed by atoms with Crippen LogP contribution in [0.5, 0.6) is 11.5 Å². The van der Waals surface area contributed by atoms with Gasteiger partial charge in [-0.15, -0.1) is 0 Å². The molecule has 6 heteroatoms. The Bertz CT molecular complexity index is 684. The molecule has 6 nitrogen and oxygen atoms in total. The Labute approximate surface area is 153 Å². The standard InChI is InChI=1S/C20H26N2O4/c23-19(21-15-7-2-1-3-8-15)14-6-5-11-22(12-14)20(24)16-9-4-10-17-18(16)26-13-25-17/h4,9-10,14-15H,1-3,5-8,11-13H2,(H,21,23)/t14-/m1/s1. The zero-order chi connectivity index (χ0) is 17.9. The highest BCUT2D eigenvalue weighted by Crippen LogP contribution is 2.36. The van der Waals surface area contributed by atoms with Crippen LogP contribution in [-0.4, -0.2) is 42.6 Å². The number of nitrogens with zero attached hydrogens (tertiary/aromatic N) is 1. The van der Waals surface area contributed by atoms with Gasteiger partial charge in [-0.25, -0.2) is 0 Å². The molecule has 1 saturated heterocycles. The van der Waals surface area contributed by atoms with Crippen molar-refractivity contribution in [1.29, 1.82) is 0 Å². The molecule has 0 unspecified atom stereocenters. The van der Waals surface area contributed by atoms with E-state index in [1.165, 1.54) is 19.3 Å². The molecule has 0 radical (unpaired) electrons. The van der Waals surface area contributed by atoms with Crippen LogP contribution in [0.2, 0.25) is 0 Å². The van der Waals surface area contributed by atoms with Crippen molar-refractivity contribution in [3.63, 3.8) is 0 Å². The van der Waals surface area contributed by atoms with E-state index in [9.17, 15) is 9.59 Å². The van der Waals surface area contributed by atoms with Gasteiger partial charge in [-0.3, -0.25) is 9.59 Å². The lowest BCUT2D eigenvalue weighted by molar-refractivity contribution is -0.127. The normalized spacial score (nSPS) is 22.9. The van der Waals surface area contributed by atoms with Crippen molar-refractivity contribution >= 4 is 11.8 Å². The van der Waals surface area contributed by atoms with Crippen LogP contribution in [-0.2, 0) is 4.79 Å². The van der Waals surface area contributed by atoms with Crippen molar-refractivity contribution in [2.45, 2.75) is 51.0 Å². The van der Waals surface area contributed by atoms with Gasteiger partial charge in [0.2, 0.25) is 12.7 Å². The Balaban J connectivity index is 1.41. The second-order valence-corrected chi connectivity index (χ2v) is 7.47. The first-order valence-electron chi connectivity index (χ1n) is 9.70. The molecule has 140 valence electrons. The number of benzene rings is 1. The molecule has 0 spiro atoms. The number of rotatable bonds is 3. The van der Waals surface area contributed by atoms with Crippen LogP contribution in [0, 0.1) is 5.92 Å². The minimum absolute atomic E-state index is 0.0810. The van der Waals surface area contributed by atoms with Gasteiger partial charge < -0.3 is 19.7 Å². The largest absolute Gasteiger partial charge is 0.454 e. The average Bonchev–Trinajstić information content (AvgIpc) is 3.17. The minimum Gasteiger partial charge on any atom is -0.454 e. The zero-order valence-electron chi connectivity index (χ0n) is 15.0. The number of likely N-dealkylation sites (tertiary alicyclic amines) is 1. The van der Waals surface area contributed by atoms with E-state index in [1.54, 1.807) is 23.1 Å². The van der Waals surface area contributed by atoms with Crippen LogP contribution in [0.3, 0.4) is 0 Å². The molecule has 2 heterocycles. The van der Waals surface area contributed by atoms with Crippen LogP contribution in [0.25, 0.3) is 0 Å². The fourth-order valence-corrected chi connectivity index (χ4v) is 4.21. The highest BCUT2D eigenvalue weighted by atomic mass is 16.7. The van der Waals surface area contributed by atoms with E-state index >= 15 is 0 Å². The summed E-state index contributed by atoms with van der Waals surface area (Å²) < 4.78 is 10.8. The Hall–Kier alpha value is -2.24. The fraction of sp³-hybridized carbons (Fsp3) is 0.600. The molecular formula is C20H26N2O4. The molecule has 2 amide bonds. The Morgan fingerprint density at radius 1 is 1.04 bits per heavy atom. The van der Waals surface area contributed by atoms with Gasteiger partial charge >= 0.3 is 0 Å². The van der Waals surface area contributed by atoms with Gasteiger partial charge in [0.05, 0.1) is 11.5 Å². The topological polar surface area (TPSA) is 67.9 Å². The Morgan fingerprint density at radius 2 is 1.88 bits per heavy atom. The van der Waals surface area contributed by atoms with E-state index in [0.29, 0.717) is 36.2 Å². The second-order valence-electron chi connectivity index (χ2n) is 7.47. The third kappa shape index (κ3) is 3.50. The predicted octanol–water partition coefficient (Wildman–Crippen LogP) is 2.72. The lowest BCUT2D eigenvalue weighted by Gasteiger charge is -2.33. The van der Waals surface area contributed by atoms with Crippen LogP contribution in [0.15, 0.2) is 18.2 Å². The number of ether oxygens (including phenoxy) is 2. The molecule has 26 heavy (non-hydrogen) atoms. The van der Waals surface area contributed by atoms with Gasteiger partial charge in [-0.05, 0) is 37.8 Å². The minimum atomic E-state index is -0.122. The third-order valence-electron chi connectivity index (χ3n) is 5.66. The predicted molar refractivity (Wildman–Crippen MR) is 96.2 cm³/mol. The van der Waals surface area contributed by atoms with E-state index in [4.69, 9.17) is 9.47 Å². The van der Waals surface area contributed by atoms with E-state index in [1.807, 2.05) is 0 Å². The Morgan fingerprint density at radius 3 is 2.73 bits per heavy atom. The average molecular weight is 358 g/mol. The number of hydrogen-bond donors (Lipinski definition) is 1. The summed E-state index contributed by atoms with van der Waals surface area (Å²) in [5.41, 5.74) is 0.522. The quantitative estimate of drug-likeness (QED) is 0.902.